The molecule has 0 bridgehead atoms. The number of fused-ring (bicyclic) bond motifs is 1. The van der Waals surface area contributed by atoms with Crippen molar-refractivity contribution in [2.75, 3.05) is 23.8 Å². The summed E-state index contributed by atoms with van der Waals surface area (Å²) in [6.45, 7) is 3.35. The van der Waals surface area contributed by atoms with Crippen LogP contribution < -0.4 is 16.2 Å². The summed E-state index contributed by atoms with van der Waals surface area (Å²) in [7, 11) is 1.74. The smallest absolute Gasteiger partial charge is 0.261 e. The van der Waals surface area contributed by atoms with Crippen molar-refractivity contribution in [3.8, 4) is 0 Å². The predicted molar refractivity (Wildman–Crippen MR) is 112 cm³/mol. The monoisotopic (exact) mass is 385 g/mol. The van der Waals surface area contributed by atoms with Gasteiger partial charge in [-0.1, -0.05) is 0 Å². The van der Waals surface area contributed by atoms with Gasteiger partial charge in [0.05, 0.1) is 18.0 Å². The number of hydrogen-bond donors (Lipinski definition) is 2. The van der Waals surface area contributed by atoms with E-state index in [4.69, 9.17) is 4.74 Å². The molecule has 7 nitrogen and oxygen atoms in total. The van der Waals surface area contributed by atoms with Crippen molar-refractivity contribution < 1.29 is 4.74 Å². The average molecular weight is 385 g/mol. The third-order valence-electron chi connectivity index (χ3n) is 4.50. The van der Waals surface area contributed by atoms with Gasteiger partial charge in [-0.15, -0.1) is 0 Å². The lowest BCUT2D eigenvalue weighted by Gasteiger charge is -2.16. The highest BCUT2D eigenvalue weighted by molar-refractivity contribution is 7.59. The zero-order valence-corrected chi connectivity index (χ0v) is 16.3. The summed E-state index contributed by atoms with van der Waals surface area (Å²) in [6.07, 6.45) is 4.42. The molecular weight excluding hydrogens is 362 g/mol. The summed E-state index contributed by atoms with van der Waals surface area (Å²) < 4.78 is 7.00. The van der Waals surface area contributed by atoms with E-state index in [0.717, 1.165) is 29.8 Å². The Morgan fingerprint density at radius 1 is 1.26 bits per heavy atom. The van der Waals surface area contributed by atoms with E-state index in [2.05, 4.69) is 20.6 Å². The van der Waals surface area contributed by atoms with Crippen LogP contribution in [0.2, 0.25) is 0 Å². The largest absolute Gasteiger partial charge is 0.379 e. The van der Waals surface area contributed by atoms with Crippen LogP contribution in [-0.4, -0.2) is 33.8 Å². The Labute approximate surface area is 164 Å². The summed E-state index contributed by atoms with van der Waals surface area (Å²) in [5, 5.41) is 8.03. The van der Waals surface area contributed by atoms with E-state index in [9.17, 15) is 4.79 Å². The van der Waals surface area contributed by atoms with Gasteiger partial charge in [0, 0.05) is 26.0 Å². The van der Waals surface area contributed by atoms with Crippen LogP contribution in [0.4, 0.5) is 17.5 Å². The highest BCUT2D eigenvalue weighted by Crippen LogP contribution is 2.25. The minimum Gasteiger partial charge on any atom is -0.379 e. The second-order valence-electron chi connectivity index (χ2n) is 6.60. The lowest BCUT2D eigenvalue weighted by molar-refractivity contribution is 0.195. The number of nitrogens with one attached hydrogen (secondary N) is 2. The normalized spacial score (nSPS) is 16.1. The lowest BCUT2D eigenvalue weighted by Crippen LogP contribution is -2.23. The summed E-state index contributed by atoms with van der Waals surface area (Å²) in [5.41, 5.74) is 1.04. The molecule has 1 aliphatic heterocycles. The fourth-order valence-electron chi connectivity index (χ4n) is 3.10. The Morgan fingerprint density at radius 3 is 2.85 bits per heavy atom. The van der Waals surface area contributed by atoms with Crippen molar-refractivity contribution in [1.29, 1.82) is 0 Å². The van der Waals surface area contributed by atoms with Gasteiger partial charge in [-0.2, -0.15) is 13.5 Å². The van der Waals surface area contributed by atoms with Crippen molar-refractivity contribution in [2.24, 2.45) is 7.05 Å². The Kier molecular flexibility index (Phi) is 5.67. The number of hydrogen-bond acceptors (Lipinski definition) is 6. The first-order valence-corrected chi connectivity index (χ1v) is 8.64. The maximum Gasteiger partial charge on any atom is 0.261 e. The molecule has 3 aromatic heterocycles. The Balaban J connectivity index is 0.00000210. The molecule has 8 heteroatoms. The first-order chi connectivity index (χ1) is 12.6. The molecule has 1 atom stereocenters. The number of ether oxygens (including phenoxy) is 1. The van der Waals surface area contributed by atoms with Gasteiger partial charge in [-0.25, -0.2) is 9.97 Å². The quantitative estimate of drug-likeness (QED) is 0.719. The molecule has 142 valence electrons. The summed E-state index contributed by atoms with van der Waals surface area (Å²) in [6, 6.07) is 7.84. The number of nitrogens with zero attached hydrogens (tertiary/aromatic N) is 3. The minimum atomic E-state index is -0.0726. The first kappa shape index (κ1) is 19.2. The highest BCUT2D eigenvalue weighted by atomic mass is 32.1. The molecular formula is C19H23N5O2S. The van der Waals surface area contributed by atoms with Gasteiger partial charge in [-0.3, -0.25) is 4.79 Å². The van der Waals surface area contributed by atoms with Crippen LogP contribution in [0.5, 0.6) is 0 Å². The molecule has 1 aliphatic rings. The summed E-state index contributed by atoms with van der Waals surface area (Å²) in [5.74, 6) is 1.94. The van der Waals surface area contributed by atoms with E-state index in [1.807, 2.05) is 31.2 Å². The Bertz CT molecular complexity index is 1010. The van der Waals surface area contributed by atoms with E-state index >= 15 is 0 Å². The Hall–Kier alpha value is -2.58. The number of anilines is 3. The molecule has 27 heavy (non-hydrogen) atoms. The number of aromatic nitrogens is 3. The highest BCUT2D eigenvalue weighted by Gasteiger charge is 2.19. The number of rotatable bonds is 4. The SMILES string of the molecule is Cc1ccnc(Nc2cc3ccn(C)c(=O)c3c(N[C@H]3CCOC3)n2)c1.S. The van der Waals surface area contributed by atoms with Crippen molar-refractivity contribution in [1.82, 2.24) is 14.5 Å². The molecule has 2 N–H and O–H groups in total. The van der Waals surface area contributed by atoms with Crippen LogP contribution >= 0.6 is 13.5 Å². The van der Waals surface area contributed by atoms with Crippen LogP contribution in [0.25, 0.3) is 10.8 Å². The van der Waals surface area contributed by atoms with Crippen molar-refractivity contribution in [3.63, 3.8) is 0 Å². The third-order valence-corrected chi connectivity index (χ3v) is 4.50. The average Bonchev–Trinajstić information content (AvgIpc) is 3.11. The van der Waals surface area contributed by atoms with Crippen molar-refractivity contribution in [2.45, 2.75) is 19.4 Å². The molecule has 3 aromatic rings. The number of pyridine rings is 3. The zero-order valence-electron chi connectivity index (χ0n) is 15.3. The van der Waals surface area contributed by atoms with Gasteiger partial charge in [0.2, 0.25) is 0 Å². The molecule has 0 amide bonds. The second-order valence-corrected chi connectivity index (χ2v) is 6.60. The zero-order chi connectivity index (χ0) is 18.1. The molecule has 0 saturated carbocycles. The molecule has 0 aliphatic carbocycles. The molecule has 0 spiro atoms. The molecule has 0 aromatic carbocycles. The summed E-state index contributed by atoms with van der Waals surface area (Å²) in [4.78, 5) is 21.6. The van der Waals surface area contributed by atoms with E-state index in [-0.39, 0.29) is 25.1 Å². The molecule has 0 radical (unpaired) electrons. The first-order valence-electron chi connectivity index (χ1n) is 8.64. The van der Waals surface area contributed by atoms with Crippen LogP contribution in [0, 0.1) is 6.92 Å². The van der Waals surface area contributed by atoms with Crippen molar-refractivity contribution >= 4 is 41.7 Å². The maximum atomic E-state index is 12.7. The fraction of sp³-hybridized carbons (Fsp3) is 0.316. The second kappa shape index (κ2) is 7.98. The molecule has 1 fully saturated rings. The fourth-order valence-corrected chi connectivity index (χ4v) is 3.10. The van der Waals surface area contributed by atoms with Crippen molar-refractivity contribution in [3.05, 3.63) is 52.6 Å². The van der Waals surface area contributed by atoms with Gasteiger partial charge < -0.3 is 19.9 Å². The standard InChI is InChI=1S/C19H21N5O2.H2S/c1-12-3-6-20-15(9-12)22-16-10-13-4-7-24(2)19(25)17(13)18(23-16)21-14-5-8-26-11-14;/h3-4,6-7,9-10,14H,5,8,11H2,1-2H3,(H2,20,21,22,23);1H2/t14-;/m0./s1. The third kappa shape index (κ3) is 4.06. The van der Waals surface area contributed by atoms with E-state index in [1.54, 1.807) is 24.0 Å². The van der Waals surface area contributed by atoms with Gasteiger partial charge in [-0.05, 0) is 48.6 Å². The van der Waals surface area contributed by atoms with Crippen LogP contribution in [0.15, 0.2) is 41.5 Å². The summed E-state index contributed by atoms with van der Waals surface area (Å²) >= 11 is 0. The lowest BCUT2D eigenvalue weighted by atomic mass is 10.1. The van der Waals surface area contributed by atoms with E-state index in [0.29, 0.717) is 23.6 Å². The predicted octanol–water partition coefficient (Wildman–Crippen LogP) is 2.69. The number of aryl methyl sites for hydroxylation is 2. The topological polar surface area (TPSA) is 81.1 Å². The van der Waals surface area contributed by atoms with E-state index < -0.39 is 0 Å². The Morgan fingerprint density at radius 2 is 2.11 bits per heavy atom. The van der Waals surface area contributed by atoms with Gasteiger partial charge in [0.15, 0.2) is 0 Å². The van der Waals surface area contributed by atoms with Gasteiger partial charge in [0.25, 0.3) is 5.56 Å². The van der Waals surface area contributed by atoms with Crippen LogP contribution in [0.1, 0.15) is 12.0 Å². The molecule has 0 unspecified atom stereocenters. The van der Waals surface area contributed by atoms with E-state index in [1.165, 1.54) is 0 Å². The maximum absolute atomic E-state index is 12.7. The molecule has 1 saturated heterocycles. The van der Waals surface area contributed by atoms with Crippen LogP contribution in [0.3, 0.4) is 0 Å². The molecule has 4 heterocycles. The van der Waals surface area contributed by atoms with Gasteiger partial charge >= 0.3 is 0 Å². The van der Waals surface area contributed by atoms with Crippen LogP contribution in [-0.2, 0) is 11.8 Å². The molecule has 4 rings (SSSR count). The minimum absolute atomic E-state index is 0. The van der Waals surface area contributed by atoms with Gasteiger partial charge in [0.1, 0.15) is 17.5 Å².